The Morgan fingerprint density at radius 3 is 2.40 bits per heavy atom. The van der Waals surface area contributed by atoms with Gasteiger partial charge in [0, 0.05) is 53.8 Å². The van der Waals surface area contributed by atoms with Gasteiger partial charge in [-0.15, -0.1) is 5.01 Å². The van der Waals surface area contributed by atoms with Crippen molar-refractivity contribution in [3.05, 3.63) is 64.8 Å². The van der Waals surface area contributed by atoms with Crippen LogP contribution in [0, 0.1) is 5.21 Å². The molecule has 0 spiro atoms. The van der Waals surface area contributed by atoms with E-state index >= 15 is 0 Å². The SMILES string of the molecule is O=C1c2ccccc2C(=O)C2C1N=[N+]([O-])N2CCCOC(=O)N1CCN(C(=O)c2ccco2)CC1. The maximum Gasteiger partial charge on any atom is 0.409 e. The van der Waals surface area contributed by atoms with Gasteiger partial charge in [0.15, 0.2) is 23.4 Å². The summed E-state index contributed by atoms with van der Waals surface area (Å²) in [4.78, 5) is 53.8. The Bertz CT molecular complexity index is 1190. The Hall–Kier alpha value is -4.22. The van der Waals surface area contributed by atoms with Gasteiger partial charge >= 0.3 is 6.09 Å². The first-order chi connectivity index (χ1) is 17.0. The van der Waals surface area contributed by atoms with E-state index in [1.807, 2.05) is 0 Å². The number of hydrogen-bond donors (Lipinski definition) is 0. The van der Waals surface area contributed by atoms with E-state index in [1.165, 1.54) is 16.2 Å². The first-order valence-corrected chi connectivity index (χ1v) is 11.3. The molecular formula is C23H23N5O7. The number of hydrogen-bond acceptors (Lipinski definition) is 9. The van der Waals surface area contributed by atoms with E-state index in [2.05, 4.69) is 5.11 Å². The molecule has 2 unspecified atom stereocenters. The van der Waals surface area contributed by atoms with Crippen LogP contribution in [0.15, 0.2) is 52.2 Å². The molecule has 0 saturated carbocycles. The number of furan rings is 1. The monoisotopic (exact) mass is 481 g/mol. The van der Waals surface area contributed by atoms with E-state index < -0.39 is 18.2 Å². The lowest BCUT2D eigenvalue weighted by atomic mass is 9.83. The summed E-state index contributed by atoms with van der Waals surface area (Å²) in [5, 5.41) is 17.4. The number of amides is 2. The highest BCUT2D eigenvalue weighted by atomic mass is 16.6. The van der Waals surface area contributed by atoms with Gasteiger partial charge in [0.1, 0.15) is 0 Å². The van der Waals surface area contributed by atoms with E-state index in [4.69, 9.17) is 9.15 Å². The molecule has 1 saturated heterocycles. The molecule has 5 rings (SSSR count). The summed E-state index contributed by atoms with van der Waals surface area (Å²) in [6.07, 6.45) is 1.18. The zero-order valence-electron chi connectivity index (χ0n) is 18.7. The van der Waals surface area contributed by atoms with E-state index in [1.54, 1.807) is 41.3 Å². The maximum atomic E-state index is 13.0. The van der Waals surface area contributed by atoms with Crippen LogP contribution in [-0.2, 0) is 4.74 Å². The topological polar surface area (TPSA) is 139 Å². The lowest BCUT2D eigenvalue weighted by Crippen LogP contribution is -2.51. The van der Waals surface area contributed by atoms with Crippen molar-refractivity contribution in [2.75, 3.05) is 39.3 Å². The Balaban J connectivity index is 1.10. The van der Waals surface area contributed by atoms with Crippen molar-refractivity contribution in [2.24, 2.45) is 5.11 Å². The van der Waals surface area contributed by atoms with Gasteiger partial charge in [-0.2, -0.15) is 0 Å². The van der Waals surface area contributed by atoms with Crippen LogP contribution in [0.25, 0.3) is 0 Å². The third kappa shape index (κ3) is 4.11. The van der Waals surface area contributed by atoms with E-state index in [-0.39, 0.29) is 53.9 Å². The molecule has 1 aromatic heterocycles. The molecule has 2 aromatic rings. The van der Waals surface area contributed by atoms with Crippen molar-refractivity contribution in [3.63, 3.8) is 0 Å². The first kappa shape index (κ1) is 22.6. The molecule has 0 N–H and O–H groups in total. The average molecular weight is 481 g/mol. The van der Waals surface area contributed by atoms with Crippen LogP contribution in [0.1, 0.15) is 37.7 Å². The Labute approximate surface area is 199 Å². The van der Waals surface area contributed by atoms with Crippen molar-refractivity contribution in [3.8, 4) is 0 Å². The molecule has 3 aliphatic rings. The molecule has 35 heavy (non-hydrogen) atoms. The normalized spacial score (nSPS) is 21.5. The first-order valence-electron chi connectivity index (χ1n) is 11.3. The summed E-state index contributed by atoms with van der Waals surface area (Å²) >= 11 is 0. The van der Waals surface area contributed by atoms with Crippen molar-refractivity contribution >= 4 is 23.6 Å². The molecule has 0 bridgehead atoms. The summed E-state index contributed by atoms with van der Waals surface area (Å²) in [6, 6.07) is 7.63. The average Bonchev–Trinajstić information content (AvgIpc) is 3.53. The number of fused-ring (bicyclic) bond motifs is 2. The van der Waals surface area contributed by atoms with Gasteiger partial charge in [-0.1, -0.05) is 24.3 Å². The summed E-state index contributed by atoms with van der Waals surface area (Å²) in [7, 11) is 0. The summed E-state index contributed by atoms with van der Waals surface area (Å²) in [6.45, 7) is 1.47. The van der Waals surface area contributed by atoms with Crippen LogP contribution < -0.4 is 0 Å². The quantitative estimate of drug-likeness (QED) is 0.356. The van der Waals surface area contributed by atoms with Crippen LogP contribution in [0.2, 0.25) is 0 Å². The number of hydrazine groups is 1. The number of carbonyl (C=O) groups excluding carboxylic acids is 4. The lowest BCUT2D eigenvalue weighted by Gasteiger charge is -2.33. The molecule has 2 atom stereocenters. The molecule has 1 aromatic carbocycles. The van der Waals surface area contributed by atoms with Crippen LogP contribution in [0.4, 0.5) is 4.79 Å². The van der Waals surface area contributed by atoms with Crippen molar-refractivity contribution in [1.82, 2.24) is 14.8 Å². The molecule has 12 heteroatoms. The van der Waals surface area contributed by atoms with Gasteiger partial charge < -0.3 is 24.2 Å². The number of ether oxygens (including phenoxy) is 1. The highest BCUT2D eigenvalue weighted by molar-refractivity contribution is 6.19. The van der Waals surface area contributed by atoms with Crippen LogP contribution >= 0.6 is 0 Å². The number of benzene rings is 1. The van der Waals surface area contributed by atoms with E-state index in [9.17, 15) is 24.4 Å². The number of ketones is 2. The lowest BCUT2D eigenvalue weighted by molar-refractivity contribution is -0.680. The molecule has 0 radical (unpaired) electrons. The van der Waals surface area contributed by atoms with Crippen molar-refractivity contribution < 1.29 is 33.3 Å². The van der Waals surface area contributed by atoms with E-state index in [0.717, 1.165) is 0 Å². The molecule has 12 nitrogen and oxygen atoms in total. The minimum absolute atomic E-state index is 0.0187. The smallest absolute Gasteiger partial charge is 0.409 e. The molecular weight excluding hydrogens is 458 g/mol. The minimum Gasteiger partial charge on any atom is -0.571 e. The maximum absolute atomic E-state index is 13.0. The second-order valence-electron chi connectivity index (χ2n) is 8.42. The predicted molar refractivity (Wildman–Crippen MR) is 118 cm³/mol. The minimum atomic E-state index is -1.07. The molecule has 1 aliphatic carbocycles. The number of rotatable bonds is 5. The fourth-order valence-corrected chi connectivity index (χ4v) is 4.56. The largest absolute Gasteiger partial charge is 0.571 e. The zero-order chi connectivity index (χ0) is 24.5. The zero-order valence-corrected chi connectivity index (χ0v) is 18.7. The Kier molecular flexibility index (Phi) is 5.93. The fourth-order valence-electron chi connectivity index (χ4n) is 4.56. The summed E-state index contributed by atoms with van der Waals surface area (Å²) in [5.41, 5.74) is 0.558. The van der Waals surface area contributed by atoms with Crippen molar-refractivity contribution in [2.45, 2.75) is 18.5 Å². The fraction of sp³-hybridized carbons (Fsp3) is 0.391. The predicted octanol–water partition coefficient (Wildman–Crippen LogP) is 1.57. The van der Waals surface area contributed by atoms with E-state index in [0.29, 0.717) is 31.1 Å². The third-order valence-electron chi connectivity index (χ3n) is 6.37. The second kappa shape index (κ2) is 9.20. The molecule has 2 aliphatic heterocycles. The highest BCUT2D eigenvalue weighted by Crippen LogP contribution is 2.30. The molecule has 182 valence electrons. The Morgan fingerprint density at radius 1 is 1.03 bits per heavy atom. The van der Waals surface area contributed by atoms with Gasteiger partial charge in [0.25, 0.3) is 5.91 Å². The highest BCUT2D eigenvalue weighted by Gasteiger charge is 2.53. The van der Waals surface area contributed by atoms with Crippen molar-refractivity contribution in [1.29, 1.82) is 0 Å². The van der Waals surface area contributed by atoms with Gasteiger partial charge in [0.2, 0.25) is 6.04 Å². The van der Waals surface area contributed by atoms with Gasteiger partial charge in [0.05, 0.1) is 19.4 Å². The Morgan fingerprint density at radius 2 is 1.71 bits per heavy atom. The number of carbonyl (C=O) groups is 4. The molecule has 2 amide bonds. The summed E-state index contributed by atoms with van der Waals surface area (Å²) < 4.78 is 10.4. The van der Waals surface area contributed by atoms with Gasteiger partial charge in [-0.05, 0) is 12.1 Å². The third-order valence-corrected chi connectivity index (χ3v) is 6.37. The molecule has 3 heterocycles. The number of piperazine rings is 1. The van der Waals surface area contributed by atoms with Crippen LogP contribution in [-0.4, -0.2) is 94.8 Å². The second-order valence-corrected chi connectivity index (χ2v) is 8.42. The van der Waals surface area contributed by atoms with Crippen LogP contribution in [0.5, 0.6) is 0 Å². The standard InChI is InChI=1S/C23H23N5O7/c29-20-15-5-1-2-6-16(15)21(30)19-18(20)24-28(33)27(19)8-4-14-35-23(32)26-11-9-25(10-12-26)22(31)17-7-3-13-34-17/h1-3,5-7,13,18-19H,4,8-12,14H2. The van der Waals surface area contributed by atoms with Gasteiger partial charge in [-0.25, -0.2) is 4.79 Å². The summed E-state index contributed by atoms with van der Waals surface area (Å²) in [5.74, 6) is -0.653. The number of Topliss-reactive ketones (excluding diaryl/α,β-unsaturated/α-hetero) is 2. The van der Waals surface area contributed by atoms with Gasteiger partial charge in [-0.3, -0.25) is 14.4 Å². The number of nitrogens with zero attached hydrogens (tertiary/aromatic N) is 5. The molecule has 1 fully saturated rings. The van der Waals surface area contributed by atoms with Crippen LogP contribution in [0.3, 0.4) is 0 Å².